The standard InChI is InChI=1S/C20H24N4O/c1-14(2)19-22-17-13-16(5-6-18(17)24(19)4)20(25)23(3)12-9-15-7-10-21-11-8-15/h5-8,10-11,13-14H,9,12H2,1-4H3. The highest BCUT2D eigenvalue weighted by Crippen LogP contribution is 2.22. The van der Waals surface area contributed by atoms with Gasteiger partial charge in [0.25, 0.3) is 5.91 Å². The van der Waals surface area contributed by atoms with E-state index in [4.69, 9.17) is 4.98 Å². The van der Waals surface area contributed by atoms with Gasteiger partial charge in [-0.1, -0.05) is 13.8 Å². The number of imidazole rings is 1. The van der Waals surface area contributed by atoms with E-state index in [1.165, 1.54) is 5.56 Å². The Morgan fingerprint density at radius 2 is 1.92 bits per heavy atom. The van der Waals surface area contributed by atoms with Crippen LogP contribution in [-0.4, -0.2) is 38.9 Å². The van der Waals surface area contributed by atoms with Gasteiger partial charge < -0.3 is 9.47 Å². The summed E-state index contributed by atoms with van der Waals surface area (Å²) < 4.78 is 2.10. The van der Waals surface area contributed by atoms with Gasteiger partial charge in [-0.15, -0.1) is 0 Å². The Morgan fingerprint density at radius 1 is 1.20 bits per heavy atom. The van der Waals surface area contributed by atoms with Crippen LogP contribution in [0.15, 0.2) is 42.7 Å². The van der Waals surface area contributed by atoms with Gasteiger partial charge in [0.15, 0.2) is 0 Å². The van der Waals surface area contributed by atoms with Gasteiger partial charge in [-0.2, -0.15) is 0 Å². The van der Waals surface area contributed by atoms with Crippen LogP contribution in [0.5, 0.6) is 0 Å². The lowest BCUT2D eigenvalue weighted by Gasteiger charge is -2.17. The molecule has 130 valence electrons. The molecule has 2 aromatic heterocycles. The molecule has 3 rings (SSSR count). The van der Waals surface area contributed by atoms with Crippen molar-refractivity contribution in [1.82, 2.24) is 19.4 Å². The molecule has 0 atom stereocenters. The van der Waals surface area contributed by atoms with E-state index in [9.17, 15) is 4.79 Å². The van der Waals surface area contributed by atoms with Crippen molar-refractivity contribution in [2.45, 2.75) is 26.2 Å². The minimum absolute atomic E-state index is 0.0210. The Bertz CT molecular complexity index is 883. The summed E-state index contributed by atoms with van der Waals surface area (Å²) in [4.78, 5) is 23.2. The summed E-state index contributed by atoms with van der Waals surface area (Å²) in [6.07, 6.45) is 4.37. The maximum atomic E-state index is 12.7. The summed E-state index contributed by atoms with van der Waals surface area (Å²) >= 11 is 0. The lowest BCUT2D eigenvalue weighted by Crippen LogP contribution is -2.28. The minimum atomic E-state index is 0.0210. The second kappa shape index (κ2) is 7.05. The van der Waals surface area contributed by atoms with E-state index in [0.717, 1.165) is 23.3 Å². The molecule has 1 amide bonds. The van der Waals surface area contributed by atoms with Crippen LogP contribution in [0.1, 0.15) is 41.5 Å². The number of fused-ring (bicyclic) bond motifs is 1. The highest BCUT2D eigenvalue weighted by atomic mass is 16.2. The molecule has 25 heavy (non-hydrogen) atoms. The molecular formula is C20H24N4O. The van der Waals surface area contributed by atoms with E-state index in [-0.39, 0.29) is 5.91 Å². The van der Waals surface area contributed by atoms with Crippen molar-refractivity contribution in [2.75, 3.05) is 13.6 Å². The molecule has 5 nitrogen and oxygen atoms in total. The Balaban J connectivity index is 1.77. The van der Waals surface area contributed by atoms with E-state index in [1.807, 2.05) is 44.4 Å². The molecule has 0 spiro atoms. The number of benzene rings is 1. The summed E-state index contributed by atoms with van der Waals surface area (Å²) in [5.41, 5.74) is 3.79. The highest BCUT2D eigenvalue weighted by molar-refractivity contribution is 5.97. The number of aromatic nitrogens is 3. The van der Waals surface area contributed by atoms with Crippen molar-refractivity contribution < 1.29 is 4.79 Å². The first-order valence-corrected chi connectivity index (χ1v) is 8.58. The van der Waals surface area contributed by atoms with Crippen molar-refractivity contribution in [3.05, 3.63) is 59.7 Å². The first-order chi connectivity index (χ1) is 12.0. The van der Waals surface area contributed by atoms with E-state index < -0.39 is 0 Å². The molecule has 5 heteroatoms. The van der Waals surface area contributed by atoms with Crippen LogP contribution < -0.4 is 0 Å². The number of hydrogen-bond donors (Lipinski definition) is 0. The molecule has 0 unspecified atom stereocenters. The summed E-state index contributed by atoms with van der Waals surface area (Å²) in [5.74, 6) is 1.40. The zero-order chi connectivity index (χ0) is 18.0. The zero-order valence-corrected chi connectivity index (χ0v) is 15.2. The molecule has 0 saturated carbocycles. The first-order valence-electron chi connectivity index (χ1n) is 8.58. The Labute approximate surface area is 148 Å². The largest absolute Gasteiger partial charge is 0.341 e. The summed E-state index contributed by atoms with van der Waals surface area (Å²) in [7, 11) is 3.86. The van der Waals surface area contributed by atoms with Gasteiger partial charge in [-0.3, -0.25) is 9.78 Å². The van der Waals surface area contributed by atoms with Crippen molar-refractivity contribution >= 4 is 16.9 Å². The van der Waals surface area contributed by atoms with Crippen LogP contribution in [0.25, 0.3) is 11.0 Å². The number of carbonyl (C=O) groups excluding carboxylic acids is 1. The Kier molecular flexibility index (Phi) is 4.83. The van der Waals surface area contributed by atoms with E-state index in [1.54, 1.807) is 17.3 Å². The third kappa shape index (κ3) is 3.55. The third-order valence-electron chi connectivity index (χ3n) is 4.51. The molecule has 1 aromatic carbocycles. The van der Waals surface area contributed by atoms with Gasteiger partial charge in [0.05, 0.1) is 11.0 Å². The predicted octanol–water partition coefficient (Wildman–Crippen LogP) is 3.41. The molecule has 0 aliphatic rings. The lowest BCUT2D eigenvalue weighted by molar-refractivity contribution is 0.0797. The maximum absolute atomic E-state index is 12.7. The van der Waals surface area contributed by atoms with Gasteiger partial charge in [-0.05, 0) is 42.3 Å². The van der Waals surface area contributed by atoms with Crippen LogP contribution in [-0.2, 0) is 13.5 Å². The minimum Gasteiger partial charge on any atom is -0.341 e. The number of likely N-dealkylation sites (N-methyl/N-ethyl adjacent to an activating group) is 1. The van der Waals surface area contributed by atoms with Gasteiger partial charge in [0.2, 0.25) is 0 Å². The Morgan fingerprint density at radius 3 is 2.60 bits per heavy atom. The number of amides is 1. The number of aryl methyl sites for hydroxylation is 1. The van der Waals surface area contributed by atoms with Gasteiger partial charge in [0, 0.05) is 44.5 Å². The normalized spacial score (nSPS) is 11.2. The number of hydrogen-bond acceptors (Lipinski definition) is 3. The molecule has 0 radical (unpaired) electrons. The van der Waals surface area contributed by atoms with Crippen molar-refractivity contribution in [2.24, 2.45) is 7.05 Å². The van der Waals surface area contributed by atoms with Gasteiger partial charge >= 0.3 is 0 Å². The smallest absolute Gasteiger partial charge is 0.253 e. The summed E-state index contributed by atoms with van der Waals surface area (Å²) in [6, 6.07) is 9.72. The SMILES string of the molecule is CC(C)c1nc2cc(C(=O)N(C)CCc3ccncc3)ccc2n1C. The van der Waals surface area contributed by atoms with E-state index in [0.29, 0.717) is 18.0 Å². The maximum Gasteiger partial charge on any atom is 0.253 e. The fourth-order valence-corrected chi connectivity index (χ4v) is 3.04. The van der Waals surface area contributed by atoms with E-state index in [2.05, 4.69) is 23.4 Å². The number of pyridine rings is 1. The molecule has 3 aromatic rings. The first kappa shape index (κ1) is 17.1. The summed E-state index contributed by atoms with van der Waals surface area (Å²) in [6.45, 7) is 4.92. The quantitative estimate of drug-likeness (QED) is 0.717. The molecule has 2 heterocycles. The highest BCUT2D eigenvalue weighted by Gasteiger charge is 2.15. The lowest BCUT2D eigenvalue weighted by atomic mass is 10.1. The zero-order valence-electron chi connectivity index (χ0n) is 15.2. The van der Waals surface area contributed by atoms with Crippen molar-refractivity contribution in [3.63, 3.8) is 0 Å². The van der Waals surface area contributed by atoms with Crippen LogP contribution in [0, 0.1) is 0 Å². The predicted molar refractivity (Wildman–Crippen MR) is 99.7 cm³/mol. The van der Waals surface area contributed by atoms with E-state index >= 15 is 0 Å². The second-order valence-corrected chi connectivity index (χ2v) is 6.72. The monoisotopic (exact) mass is 336 g/mol. The average Bonchev–Trinajstić information content (AvgIpc) is 2.96. The molecule has 0 fully saturated rings. The molecule has 0 aliphatic heterocycles. The fourth-order valence-electron chi connectivity index (χ4n) is 3.04. The molecule has 0 bridgehead atoms. The van der Waals surface area contributed by atoms with Crippen LogP contribution in [0.4, 0.5) is 0 Å². The molecular weight excluding hydrogens is 312 g/mol. The average molecular weight is 336 g/mol. The van der Waals surface area contributed by atoms with Crippen molar-refractivity contribution in [1.29, 1.82) is 0 Å². The van der Waals surface area contributed by atoms with Gasteiger partial charge in [-0.25, -0.2) is 4.98 Å². The number of rotatable bonds is 5. The molecule has 0 saturated heterocycles. The summed E-state index contributed by atoms with van der Waals surface area (Å²) in [5, 5.41) is 0. The van der Waals surface area contributed by atoms with Crippen LogP contribution in [0.2, 0.25) is 0 Å². The number of nitrogens with zero attached hydrogens (tertiary/aromatic N) is 4. The van der Waals surface area contributed by atoms with Crippen molar-refractivity contribution in [3.8, 4) is 0 Å². The number of carbonyl (C=O) groups is 1. The van der Waals surface area contributed by atoms with Crippen LogP contribution in [0.3, 0.4) is 0 Å². The topological polar surface area (TPSA) is 51.0 Å². The fraction of sp³-hybridized carbons (Fsp3) is 0.350. The second-order valence-electron chi connectivity index (χ2n) is 6.72. The molecule has 0 aliphatic carbocycles. The van der Waals surface area contributed by atoms with Gasteiger partial charge in [0.1, 0.15) is 5.82 Å². The molecule has 0 N–H and O–H groups in total. The third-order valence-corrected chi connectivity index (χ3v) is 4.51. The Hall–Kier alpha value is -2.69. The van der Waals surface area contributed by atoms with Crippen LogP contribution >= 0.6 is 0 Å².